The topological polar surface area (TPSA) is 49.4 Å². The van der Waals surface area contributed by atoms with Crippen molar-refractivity contribution in [1.29, 1.82) is 0 Å². The molecule has 4 nitrogen and oxygen atoms in total. The maximum Gasteiger partial charge on any atom is 0.264 e. The smallest absolute Gasteiger partial charge is 0.264 e. The van der Waals surface area contributed by atoms with Gasteiger partial charge >= 0.3 is 0 Å². The molecule has 1 aliphatic heterocycles. The Bertz CT molecular complexity index is 432. The molecular weight excluding hydrogens is 248 g/mol. The van der Waals surface area contributed by atoms with E-state index in [1.807, 2.05) is 0 Å². The number of rotatable bonds is 1. The Morgan fingerprint density at radius 2 is 2.38 bits per heavy atom. The van der Waals surface area contributed by atoms with E-state index >= 15 is 0 Å². The third-order valence-corrected chi connectivity index (χ3v) is 3.76. The number of piperazine rings is 1. The molecule has 0 aliphatic carbocycles. The van der Waals surface area contributed by atoms with E-state index in [0.717, 1.165) is 0 Å². The summed E-state index contributed by atoms with van der Waals surface area (Å²) in [5.74, 6) is -0.235. The van der Waals surface area contributed by atoms with Crippen LogP contribution in [0.25, 0.3) is 0 Å². The standard InChI is InChI=1S/C10H11ClN2O2S/c1-6-9(14)12-4-5-13(6)10(15)7-2-3-8(11)16-7/h2-3,6H,4-5H2,1H3,(H,12,14)/t6-/m1/s1. The van der Waals surface area contributed by atoms with Gasteiger partial charge in [-0.05, 0) is 19.1 Å². The molecule has 0 spiro atoms. The van der Waals surface area contributed by atoms with Crippen molar-refractivity contribution in [3.05, 3.63) is 21.3 Å². The van der Waals surface area contributed by atoms with Crippen molar-refractivity contribution < 1.29 is 9.59 Å². The third kappa shape index (κ3) is 2.05. The maximum absolute atomic E-state index is 12.1. The Balaban J connectivity index is 2.18. The van der Waals surface area contributed by atoms with E-state index in [4.69, 9.17) is 11.6 Å². The van der Waals surface area contributed by atoms with Crippen LogP contribution in [-0.2, 0) is 4.79 Å². The Labute approximate surface area is 102 Å². The summed E-state index contributed by atoms with van der Waals surface area (Å²) in [6.45, 7) is 2.77. The van der Waals surface area contributed by atoms with Gasteiger partial charge in [0.1, 0.15) is 6.04 Å². The van der Waals surface area contributed by atoms with Crippen molar-refractivity contribution in [2.45, 2.75) is 13.0 Å². The molecule has 2 rings (SSSR count). The first kappa shape index (κ1) is 11.4. The van der Waals surface area contributed by atoms with Crippen LogP contribution in [0, 0.1) is 0 Å². The average molecular weight is 259 g/mol. The van der Waals surface area contributed by atoms with Crippen molar-refractivity contribution in [2.75, 3.05) is 13.1 Å². The number of carbonyl (C=O) groups excluding carboxylic acids is 2. The van der Waals surface area contributed by atoms with Gasteiger partial charge in [-0.1, -0.05) is 11.6 Å². The van der Waals surface area contributed by atoms with Gasteiger partial charge in [0, 0.05) is 13.1 Å². The van der Waals surface area contributed by atoms with Gasteiger partial charge in [0.15, 0.2) is 0 Å². The first-order valence-electron chi connectivity index (χ1n) is 4.93. The summed E-state index contributed by atoms with van der Waals surface area (Å²) < 4.78 is 0.581. The molecule has 0 aromatic carbocycles. The van der Waals surface area contributed by atoms with Gasteiger partial charge in [0.25, 0.3) is 5.91 Å². The Hall–Kier alpha value is -1.07. The van der Waals surface area contributed by atoms with Crippen LogP contribution in [0.1, 0.15) is 16.6 Å². The Kier molecular flexibility index (Phi) is 3.16. The zero-order chi connectivity index (χ0) is 11.7. The maximum atomic E-state index is 12.1. The first-order chi connectivity index (χ1) is 7.59. The molecule has 2 amide bonds. The van der Waals surface area contributed by atoms with Crippen LogP contribution >= 0.6 is 22.9 Å². The molecule has 2 heterocycles. The number of nitrogens with zero attached hydrogens (tertiary/aromatic N) is 1. The van der Waals surface area contributed by atoms with Crippen LogP contribution in [0.4, 0.5) is 0 Å². The molecule has 1 aromatic heterocycles. The van der Waals surface area contributed by atoms with E-state index in [1.54, 1.807) is 24.0 Å². The first-order valence-corrected chi connectivity index (χ1v) is 6.13. The molecule has 1 fully saturated rings. The highest BCUT2D eigenvalue weighted by molar-refractivity contribution is 7.17. The van der Waals surface area contributed by atoms with Crippen molar-refractivity contribution in [3.8, 4) is 0 Å². The fourth-order valence-electron chi connectivity index (χ4n) is 1.63. The largest absolute Gasteiger partial charge is 0.353 e. The summed E-state index contributed by atoms with van der Waals surface area (Å²) in [4.78, 5) is 25.6. The molecule has 0 radical (unpaired) electrons. The lowest BCUT2D eigenvalue weighted by Crippen LogP contribution is -2.55. The van der Waals surface area contributed by atoms with Crippen LogP contribution < -0.4 is 5.32 Å². The molecule has 86 valence electrons. The van der Waals surface area contributed by atoms with Gasteiger partial charge < -0.3 is 10.2 Å². The second-order valence-corrected chi connectivity index (χ2v) is 5.28. The van der Waals surface area contributed by atoms with Gasteiger partial charge in [-0.15, -0.1) is 11.3 Å². The highest BCUT2D eigenvalue weighted by Gasteiger charge is 2.30. The van der Waals surface area contributed by atoms with Crippen LogP contribution in [-0.4, -0.2) is 35.8 Å². The zero-order valence-electron chi connectivity index (χ0n) is 8.70. The number of hydrogen-bond acceptors (Lipinski definition) is 3. The number of halogens is 1. The molecule has 1 N–H and O–H groups in total. The highest BCUT2D eigenvalue weighted by atomic mass is 35.5. The minimum Gasteiger partial charge on any atom is -0.353 e. The lowest BCUT2D eigenvalue weighted by atomic mass is 10.2. The van der Waals surface area contributed by atoms with Crippen molar-refractivity contribution in [2.24, 2.45) is 0 Å². The van der Waals surface area contributed by atoms with Gasteiger partial charge in [0.05, 0.1) is 9.21 Å². The summed E-state index contributed by atoms with van der Waals surface area (Å²) in [5.41, 5.74) is 0. The summed E-state index contributed by atoms with van der Waals surface area (Å²) in [6.07, 6.45) is 0. The third-order valence-electron chi connectivity index (χ3n) is 2.54. The molecular formula is C10H11ClN2O2S. The van der Waals surface area contributed by atoms with Crippen LogP contribution in [0.5, 0.6) is 0 Å². The van der Waals surface area contributed by atoms with Crippen molar-refractivity contribution in [3.63, 3.8) is 0 Å². The molecule has 0 unspecified atom stereocenters. The Morgan fingerprint density at radius 1 is 1.62 bits per heavy atom. The van der Waals surface area contributed by atoms with Gasteiger partial charge in [-0.25, -0.2) is 0 Å². The van der Waals surface area contributed by atoms with Crippen LogP contribution in [0.2, 0.25) is 4.34 Å². The fourth-order valence-corrected chi connectivity index (χ4v) is 2.63. The molecule has 16 heavy (non-hydrogen) atoms. The summed E-state index contributed by atoms with van der Waals surface area (Å²) in [7, 11) is 0. The summed E-state index contributed by atoms with van der Waals surface area (Å²) in [5, 5.41) is 2.72. The van der Waals surface area contributed by atoms with Crippen LogP contribution in [0.15, 0.2) is 12.1 Å². The second-order valence-electron chi connectivity index (χ2n) is 3.57. The predicted octanol–water partition coefficient (Wildman–Crippen LogP) is 1.36. The second kappa shape index (κ2) is 4.43. The van der Waals surface area contributed by atoms with Crippen molar-refractivity contribution in [1.82, 2.24) is 10.2 Å². The predicted molar refractivity (Wildman–Crippen MR) is 62.8 cm³/mol. The van der Waals surface area contributed by atoms with E-state index in [1.165, 1.54) is 11.3 Å². The normalized spacial score (nSPS) is 20.8. The number of carbonyl (C=O) groups is 2. The molecule has 1 aliphatic rings. The number of nitrogens with one attached hydrogen (secondary N) is 1. The number of amides is 2. The van der Waals surface area contributed by atoms with Crippen LogP contribution in [0.3, 0.4) is 0 Å². The minimum absolute atomic E-state index is 0.109. The van der Waals surface area contributed by atoms with Crippen molar-refractivity contribution >= 4 is 34.8 Å². The summed E-state index contributed by atoms with van der Waals surface area (Å²) in [6, 6.07) is 2.96. The van der Waals surface area contributed by atoms with Gasteiger partial charge in [-0.2, -0.15) is 0 Å². The molecule has 1 aromatic rings. The van der Waals surface area contributed by atoms with Gasteiger partial charge in [0.2, 0.25) is 5.91 Å². The highest BCUT2D eigenvalue weighted by Crippen LogP contribution is 2.23. The molecule has 0 saturated carbocycles. The van der Waals surface area contributed by atoms with Gasteiger partial charge in [-0.3, -0.25) is 9.59 Å². The van der Waals surface area contributed by atoms with E-state index in [0.29, 0.717) is 22.3 Å². The fraction of sp³-hybridized carbons (Fsp3) is 0.400. The molecule has 1 atom stereocenters. The van der Waals surface area contributed by atoms with E-state index in [9.17, 15) is 9.59 Å². The monoisotopic (exact) mass is 258 g/mol. The lowest BCUT2D eigenvalue weighted by molar-refractivity contribution is -0.127. The summed E-state index contributed by atoms with van der Waals surface area (Å²) >= 11 is 7.01. The average Bonchev–Trinajstić information content (AvgIpc) is 2.68. The molecule has 6 heteroatoms. The number of hydrogen-bond donors (Lipinski definition) is 1. The van der Waals surface area contributed by atoms with E-state index in [2.05, 4.69) is 5.32 Å². The lowest BCUT2D eigenvalue weighted by Gasteiger charge is -2.32. The molecule has 1 saturated heterocycles. The SMILES string of the molecule is C[C@@H]1C(=O)NCCN1C(=O)c1ccc(Cl)s1. The number of thiophene rings is 1. The van der Waals surface area contributed by atoms with E-state index in [-0.39, 0.29) is 11.8 Å². The molecule has 0 bridgehead atoms. The van der Waals surface area contributed by atoms with E-state index < -0.39 is 6.04 Å². The zero-order valence-corrected chi connectivity index (χ0v) is 10.3. The minimum atomic E-state index is -0.415. The quantitative estimate of drug-likeness (QED) is 0.827. The Morgan fingerprint density at radius 3 is 3.00 bits per heavy atom.